The number of nitrogens with zero attached hydrogens (tertiary/aromatic N) is 6. The molecule has 2 amide bonds. The van der Waals surface area contributed by atoms with Crippen molar-refractivity contribution in [2.24, 2.45) is 5.73 Å². The van der Waals surface area contributed by atoms with Crippen molar-refractivity contribution in [3.8, 4) is 0 Å². The van der Waals surface area contributed by atoms with Gasteiger partial charge in [-0.05, 0) is 44.4 Å². The zero-order valence-electron chi connectivity index (χ0n) is 20.5. The number of ketones is 1. The van der Waals surface area contributed by atoms with Gasteiger partial charge in [0.25, 0.3) is 5.56 Å². The molecule has 0 aromatic carbocycles. The highest BCUT2D eigenvalue weighted by Gasteiger charge is 2.26. The second kappa shape index (κ2) is 9.56. The van der Waals surface area contributed by atoms with Crippen molar-refractivity contribution in [2.45, 2.75) is 45.6 Å². The maximum atomic E-state index is 13.4. The number of pyridine rings is 2. The van der Waals surface area contributed by atoms with Crippen LogP contribution in [0.5, 0.6) is 0 Å². The number of urea groups is 1. The molecule has 3 aromatic heterocycles. The van der Waals surface area contributed by atoms with Crippen molar-refractivity contribution in [1.29, 1.82) is 0 Å². The molecule has 1 saturated carbocycles. The van der Waals surface area contributed by atoms with Crippen molar-refractivity contribution < 1.29 is 9.59 Å². The number of piperazine rings is 1. The first-order chi connectivity index (χ1) is 17.3. The Morgan fingerprint density at radius 3 is 2.39 bits per heavy atom. The summed E-state index contributed by atoms with van der Waals surface area (Å²) in [5, 5.41) is 3.84. The minimum Gasteiger partial charge on any atom is -0.367 e. The Hall–Kier alpha value is -4.02. The molecule has 11 heteroatoms. The van der Waals surface area contributed by atoms with Crippen molar-refractivity contribution in [1.82, 2.24) is 24.4 Å². The van der Waals surface area contributed by atoms with E-state index in [1.54, 1.807) is 28.8 Å². The number of aryl methyl sites for hydroxylation is 1. The van der Waals surface area contributed by atoms with Crippen LogP contribution in [0.25, 0.3) is 11.0 Å². The van der Waals surface area contributed by atoms with Gasteiger partial charge in [0.15, 0.2) is 5.78 Å². The Bertz CT molecular complexity index is 1370. The summed E-state index contributed by atoms with van der Waals surface area (Å²) in [6.45, 7) is 5.73. The van der Waals surface area contributed by atoms with E-state index in [9.17, 15) is 14.4 Å². The molecule has 5 rings (SSSR count). The lowest BCUT2D eigenvalue weighted by atomic mass is 10.0. The molecule has 2 aliphatic rings. The van der Waals surface area contributed by atoms with Gasteiger partial charge in [-0.25, -0.2) is 14.8 Å². The summed E-state index contributed by atoms with van der Waals surface area (Å²) in [6, 6.07) is 3.42. The Labute approximate surface area is 208 Å². The van der Waals surface area contributed by atoms with E-state index in [0.29, 0.717) is 54.5 Å². The Balaban J connectivity index is 1.42. The summed E-state index contributed by atoms with van der Waals surface area (Å²) in [5.74, 6) is 0.660. The summed E-state index contributed by atoms with van der Waals surface area (Å²) < 4.78 is 1.70. The van der Waals surface area contributed by atoms with Crippen LogP contribution in [-0.2, 0) is 0 Å². The van der Waals surface area contributed by atoms with Crippen LogP contribution < -0.4 is 21.5 Å². The maximum Gasteiger partial charge on any atom is 0.314 e. The van der Waals surface area contributed by atoms with Gasteiger partial charge in [0, 0.05) is 43.8 Å². The lowest BCUT2D eigenvalue weighted by Crippen LogP contribution is -2.50. The number of hydrogen-bond acceptors (Lipinski definition) is 8. The number of carbonyl (C=O) groups excluding carboxylic acids is 2. The van der Waals surface area contributed by atoms with Gasteiger partial charge in [-0.1, -0.05) is 12.8 Å². The second-order valence-electron chi connectivity index (χ2n) is 9.44. The molecule has 188 valence electrons. The number of hydrogen-bond donors (Lipinski definition) is 2. The van der Waals surface area contributed by atoms with E-state index in [2.05, 4.69) is 20.2 Å². The SMILES string of the molecule is CC(=O)c1c(C)c2cnc(Nc3ccc(N4CCN(C(N)=O)CC4)cn3)nc2n(C2CCCC2)c1=O. The van der Waals surface area contributed by atoms with Gasteiger partial charge in [0.2, 0.25) is 5.95 Å². The number of aromatic nitrogens is 4. The Morgan fingerprint density at radius 2 is 1.78 bits per heavy atom. The zero-order chi connectivity index (χ0) is 25.4. The molecular formula is C25H30N8O3. The molecule has 36 heavy (non-hydrogen) atoms. The third-order valence-electron chi connectivity index (χ3n) is 7.19. The van der Waals surface area contributed by atoms with Crippen molar-refractivity contribution in [3.05, 3.63) is 46.0 Å². The van der Waals surface area contributed by atoms with Crippen LogP contribution in [0, 0.1) is 6.92 Å². The average Bonchev–Trinajstić information content (AvgIpc) is 3.39. The van der Waals surface area contributed by atoms with Crippen LogP contribution in [0.4, 0.5) is 22.2 Å². The normalized spacial score (nSPS) is 16.5. The standard InChI is InChI=1S/C25H30N8O3/c1-15-19-14-28-25(30-22(19)33(17-5-3-4-6-17)23(35)21(15)16(2)34)29-20-8-7-18(13-27-20)31-9-11-32(12-10-31)24(26)36/h7-8,13-14,17H,3-6,9-12H2,1-2H3,(H2,26,36)(H,27,28,29,30). The maximum absolute atomic E-state index is 13.4. The molecule has 3 aromatic rings. The van der Waals surface area contributed by atoms with Gasteiger partial charge in [-0.2, -0.15) is 4.98 Å². The van der Waals surface area contributed by atoms with E-state index in [4.69, 9.17) is 10.7 Å². The highest BCUT2D eigenvalue weighted by Crippen LogP contribution is 2.32. The number of carbonyl (C=O) groups is 2. The highest BCUT2D eigenvalue weighted by molar-refractivity contribution is 5.99. The number of fused-ring (bicyclic) bond motifs is 1. The molecule has 11 nitrogen and oxygen atoms in total. The molecule has 3 N–H and O–H groups in total. The molecule has 1 aliphatic carbocycles. The number of rotatable bonds is 5. The highest BCUT2D eigenvalue weighted by atomic mass is 16.2. The minimum atomic E-state index is -0.395. The van der Waals surface area contributed by atoms with Gasteiger partial charge < -0.3 is 20.9 Å². The van der Waals surface area contributed by atoms with Crippen LogP contribution >= 0.6 is 0 Å². The molecule has 1 aliphatic heterocycles. The van der Waals surface area contributed by atoms with E-state index in [-0.39, 0.29) is 22.9 Å². The van der Waals surface area contributed by atoms with Crippen LogP contribution in [0.2, 0.25) is 0 Å². The zero-order valence-corrected chi connectivity index (χ0v) is 20.5. The minimum absolute atomic E-state index is 0.0221. The molecule has 4 heterocycles. The van der Waals surface area contributed by atoms with Crippen LogP contribution in [-0.4, -0.2) is 62.4 Å². The molecule has 0 bridgehead atoms. The first-order valence-electron chi connectivity index (χ1n) is 12.3. The number of nitrogens with two attached hydrogens (primary N) is 1. The summed E-state index contributed by atoms with van der Waals surface area (Å²) in [6.07, 6.45) is 7.31. The average molecular weight is 491 g/mol. The molecule has 2 fully saturated rings. The van der Waals surface area contributed by atoms with E-state index >= 15 is 0 Å². The third kappa shape index (κ3) is 4.36. The molecule has 0 unspecified atom stereocenters. The molecule has 0 spiro atoms. The lowest BCUT2D eigenvalue weighted by molar-refractivity contribution is 0.101. The topological polar surface area (TPSA) is 139 Å². The quantitative estimate of drug-likeness (QED) is 0.521. The predicted molar refractivity (Wildman–Crippen MR) is 137 cm³/mol. The fourth-order valence-corrected chi connectivity index (χ4v) is 5.26. The Kier molecular flexibility index (Phi) is 6.29. The van der Waals surface area contributed by atoms with Gasteiger partial charge >= 0.3 is 6.03 Å². The van der Waals surface area contributed by atoms with E-state index < -0.39 is 6.03 Å². The van der Waals surface area contributed by atoms with Crippen molar-refractivity contribution in [3.63, 3.8) is 0 Å². The molecular weight excluding hydrogens is 460 g/mol. The van der Waals surface area contributed by atoms with Crippen molar-refractivity contribution >= 4 is 40.3 Å². The fraction of sp³-hybridized carbons (Fsp3) is 0.440. The number of nitrogens with one attached hydrogen (secondary N) is 1. The van der Waals surface area contributed by atoms with Gasteiger partial charge in [0.05, 0.1) is 17.4 Å². The van der Waals surface area contributed by atoms with Crippen LogP contribution in [0.15, 0.2) is 29.3 Å². The summed E-state index contributed by atoms with van der Waals surface area (Å²) in [4.78, 5) is 54.4. The number of Topliss-reactive ketones (excluding diaryl/α,β-unsaturated/α-hetero) is 1. The third-order valence-corrected chi connectivity index (χ3v) is 7.19. The number of amides is 2. The van der Waals surface area contributed by atoms with Crippen LogP contribution in [0.3, 0.4) is 0 Å². The van der Waals surface area contributed by atoms with Crippen molar-refractivity contribution in [2.75, 3.05) is 36.4 Å². The number of anilines is 3. The first-order valence-corrected chi connectivity index (χ1v) is 12.3. The Morgan fingerprint density at radius 1 is 1.06 bits per heavy atom. The second-order valence-corrected chi connectivity index (χ2v) is 9.44. The summed E-state index contributed by atoms with van der Waals surface area (Å²) in [5.41, 5.74) is 7.40. The van der Waals surface area contributed by atoms with Gasteiger partial charge in [0.1, 0.15) is 11.5 Å². The summed E-state index contributed by atoms with van der Waals surface area (Å²) >= 11 is 0. The summed E-state index contributed by atoms with van der Waals surface area (Å²) in [7, 11) is 0. The van der Waals surface area contributed by atoms with Gasteiger partial charge in [-0.15, -0.1) is 0 Å². The van der Waals surface area contributed by atoms with E-state index in [1.165, 1.54) is 6.92 Å². The van der Waals surface area contributed by atoms with E-state index in [1.807, 2.05) is 12.1 Å². The predicted octanol–water partition coefficient (Wildman–Crippen LogP) is 2.76. The molecule has 0 atom stereocenters. The van der Waals surface area contributed by atoms with Crippen LogP contribution in [0.1, 0.15) is 54.6 Å². The lowest BCUT2D eigenvalue weighted by Gasteiger charge is -2.35. The first kappa shape index (κ1) is 23.7. The molecule has 1 saturated heterocycles. The largest absolute Gasteiger partial charge is 0.367 e. The monoisotopic (exact) mass is 490 g/mol. The van der Waals surface area contributed by atoms with Gasteiger partial charge in [-0.3, -0.25) is 14.2 Å². The smallest absolute Gasteiger partial charge is 0.314 e. The molecule has 0 radical (unpaired) electrons. The number of primary amides is 1. The van der Waals surface area contributed by atoms with E-state index in [0.717, 1.165) is 31.4 Å². The fourth-order valence-electron chi connectivity index (χ4n) is 5.26.